The van der Waals surface area contributed by atoms with Gasteiger partial charge in [-0.1, -0.05) is 11.6 Å². The Morgan fingerprint density at radius 3 is 2.75 bits per heavy atom. The summed E-state index contributed by atoms with van der Waals surface area (Å²) in [4.78, 5) is 12.2. The predicted molar refractivity (Wildman–Crippen MR) is 71.4 cm³/mol. The predicted octanol–water partition coefficient (Wildman–Crippen LogP) is 2.42. The number of piperidine rings is 1. The molecule has 20 heavy (non-hydrogen) atoms. The van der Waals surface area contributed by atoms with Crippen LogP contribution in [0.15, 0.2) is 18.2 Å². The molecule has 4 nitrogen and oxygen atoms in total. The van der Waals surface area contributed by atoms with Gasteiger partial charge in [-0.05, 0) is 44.1 Å². The van der Waals surface area contributed by atoms with Crippen LogP contribution >= 0.6 is 11.6 Å². The highest BCUT2D eigenvalue weighted by molar-refractivity contribution is 6.31. The van der Waals surface area contributed by atoms with E-state index in [0.717, 1.165) is 25.9 Å². The van der Waals surface area contributed by atoms with E-state index in [-0.39, 0.29) is 17.4 Å². The minimum Gasteiger partial charge on any atom is -0.434 e. The van der Waals surface area contributed by atoms with E-state index in [0.29, 0.717) is 5.02 Å². The van der Waals surface area contributed by atoms with E-state index in [2.05, 4.69) is 15.4 Å². The Morgan fingerprint density at radius 1 is 1.40 bits per heavy atom. The molecule has 1 aliphatic rings. The summed E-state index contributed by atoms with van der Waals surface area (Å²) in [5.41, 5.74) is 0.0244. The van der Waals surface area contributed by atoms with Gasteiger partial charge in [0.15, 0.2) is 0 Å². The fourth-order valence-electron chi connectivity index (χ4n) is 2.11. The number of hydrogen-bond acceptors (Lipinski definition) is 3. The van der Waals surface area contributed by atoms with Crippen LogP contribution in [0.2, 0.25) is 5.02 Å². The SMILES string of the molecule is O=C(NC1CCNCC1)c1cc(Cl)ccc1OC(F)F. The molecule has 1 aromatic carbocycles. The van der Waals surface area contributed by atoms with E-state index in [1.807, 2.05) is 0 Å². The zero-order chi connectivity index (χ0) is 14.5. The van der Waals surface area contributed by atoms with E-state index >= 15 is 0 Å². The van der Waals surface area contributed by atoms with Crippen LogP contribution in [0.5, 0.6) is 5.75 Å². The summed E-state index contributed by atoms with van der Waals surface area (Å²) in [5, 5.41) is 6.29. The Balaban J connectivity index is 2.12. The van der Waals surface area contributed by atoms with Crippen molar-refractivity contribution in [2.75, 3.05) is 13.1 Å². The van der Waals surface area contributed by atoms with Gasteiger partial charge in [-0.25, -0.2) is 0 Å². The van der Waals surface area contributed by atoms with Gasteiger partial charge in [-0.3, -0.25) is 4.79 Å². The lowest BCUT2D eigenvalue weighted by Gasteiger charge is -2.24. The second-order valence-electron chi connectivity index (χ2n) is 4.52. The Kier molecular flexibility index (Phi) is 5.14. The molecule has 1 aromatic rings. The van der Waals surface area contributed by atoms with Crippen LogP contribution < -0.4 is 15.4 Å². The van der Waals surface area contributed by atoms with E-state index in [9.17, 15) is 13.6 Å². The second-order valence-corrected chi connectivity index (χ2v) is 4.95. The highest BCUT2D eigenvalue weighted by Crippen LogP contribution is 2.24. The molecule has 1 amide bonds. The lowest BCUT2D eigenvalue weighted by molar-refractivity contribution is -0.0501. The van der Waals surface area contributed by atoms with Crippen molar-refractivity contribution in [3.05, 3.63) is 28.8 Å². The molecule has 1 heterocycles. The first-order chi connectivity index (χ1) is 9.56. The Hall–Kier alpha value is -1.40. The Morgan fingerprint density at radius 2 is 2.10 bits per heavy atom. The first-order valence-corrected chi connectivity index (χ1v) is 6.70. The van der Waals surface area contributed by atoms with Gasteiger partial charge in [0, 0.05) is 11.1 Å². The van der Waals surface area contributed by atoms with Crippen molar-refractivity contribution in [3.63, 3.8) is 0 Å². The monoisotopic (exact) mass is 304 g/mol. The third-order valence-corrected chi connectivity index (χ3v) is 3.31. The van der Waals surface area contributed by atoms with Crippen molar-refractivity contribution in [3.8, 4) is 5.75 Å². The lowest BCUT2D eigenvalue weighted by atomic mass is 10.1. The molecule has 0 aromatic heterocycles. The van der Waals surface area contributed by atoms with Crippen molar-refractivity contribution in [2.45, 2.75) is 25.5 Å². The Labute approximate surface area is 120 Å². The molecule has 1 aliphatic heterocycles. The van der Waals surface area contributed by atoms with E-state index in [4.69, 9.17) is 11.6 Å². The molecular formula is C13H15ClF2N2O2. The summed E-state index contributed by atoms with van der Waals surface area (Å²) in [5.74, 6) is -0.620. The summed E-state index contributed by atoms with van der Waals surface area (Å²) in [7, 11) is 0. The third-order valence-electron chi connectivity index (χ3n) is 3.08. The van der Waals surface area contributed by atoms with Crippen LogP contribution in [-0.2, 0) is 0 Å². The molecule has 0 unspecified atom stereocenters. The summed E-state index contributed by atoms with van der Waals surface area (Å²) >= 11 is 5.81. The normalized spacial score (nSPS) is 16.2. The van der Waals surface area contributed by atoms with Gasteiger partial charge in [0.05, 0.1) is 5.56 Å². The molecule has 2 rings (SSSR count). The number of hydrogen-bond donors (Lipinski definition) is 2. The molecule has 0 spiro atoms. The second kappa shape index (κ2) is 6.85. The smallest absolute Gasteiger partial charge is 0.387 e. The molecule has 2 N–H and O–H groups in total. The zero-order valence-corrected chi connectivity index (χ0v) is 11.4. The Bertz CT molecular complexity index is 479. The standard InChI is InChI=1S/C13H15ClF2N2O2/c14-8-1-2-11(20-13(15)16)10(7-8)12(19)18-9-3-5-17-6-4-9/h1-2,7,9,13,17H,3-6H2,(H,18,19). The number of benzene rings is 1. The highest BCUT2D eigenvalue weighted by atomic mass is 35.5. The minimum absolute atomic E-state index is 0.0244. The number of alkyl halides is 2. The maximum atomic E-state index is 12.3. The van der Waals surface area contributed by atoms with Crippen molar-refractivity contribution in [1.82, 2.24) is 10.6 Å². The van der Waals surface area contributed by atoms with E-state index in [1.165, 1.54) is 18.2 Å². The first-order valence-electron chi connectivity index (χ1n) is 6.32. The molecule has 0 atom stereocenters. The number of rotatable bonds is 4. The van der Waals surface area contributed by atoms with Crippen LogP contribution in [0.1, 0.15) is 23.2 Å². The maximum absolute atomic E-state index is 12.3. The lowest BCUT2D eigenvalue weighted by Crippen LogP contribution is -2.42. The molecule has 1 fully saturated rings. The molecular weight excluding hydrogens is 290 g/mol. The van der Waals surface area contributed by atoms with Crippen molar-refractivity contribution in [2.24, 2.45) is 0 Å². The molecule has 0 aliphatic carbocycles. The van der Waals surface area contributed by atoms with Crippen molar-refractivity contribution in [1.29, 1.82) is 0 Å². The van der Waals surface area contributed by atoms with Gasteiger partial charge in [-0.2, -0.15) is 8.78 Å². The molecule has 110 valence electrons. The van der Waals surface area contributed by atoms with E-state index in [1.54, 1.807) is 0 Å². The van der Waals surface area contributed by atoms with Gasteiger partial charge in [0.2, 0.25) is 0 Å². The van der Waals surface area contributed by atoms with Crippen LogP contribution in [-0.4, -0.2) is 31.7 Å². The fraction of sp³-hybridized carbons (Fsp3) is 0.462. The molecule has 0 saturated carbocycles. The van der Waals surface area contributed by atoms with Gasteiger partial charge >= 0.3 is 6.61 Å². The maximum Gasteiger partial charge on any atom is 0.387 e. The fourth-order valence-corrected chi connectivity index (χ4v) is 2.28. The van der Waals surface area contributed by atoms with Crippen molar-refractivity contribution < 1.29 is 18.3 Å². The summed E-state index contributed by atoms with van der Waals surface area (Å²) in [6, 6.07) is 4.03. The van der Waals surface area contributed by atoms with Gasteiger partial charge in [0.25, 0.3) is 5.91 Å². The van der Waals surface area contributed by atoms with Gasteiger partial charge < -0.3 is 15.4 Å². The van der Waals surface area contributed by atoms with Gasteiger partial charge in [-0.15, -0.1) is 0 Å². The van der Waals surface area contributed by atoms with Crippen LogP contribution in [0.25, 0.3) is 0 Å². The summed E-state index contributed by atoms with van der Waals surface area (Å²) < 4.78 is 29.0. The summed E-state index contributed by atoms with van der Waals surface area (Å²) in [6.45, 7) is -1.34. The number of carbonyl (C=O) groups is 1. The molecule has 0 bridgehead atoms. The topological polar surface area (TPSA) is 50.4 Å². The first kappa shape index (κ1) is 15.0. The number of halogens is 3. The number of carbonyl (C=O) groups excluding carboxylic acids is 1. The molecule has 7 heteroatoms. The van der Waals surface area contributed by atoms with Crippen LogP contribution in [0, 0.1) is 0 Å². The van der Waals surface area contributed by atoms with Crippen LogP contribution in [0.3, 0.4) is 0 Å². The quantitative estimate of drug-likeness (QED) is 0.898. The zero-order valence-electron chi connectivity index (χ0n) is 10.7. The molecule has 1 saturated heterocycles. The minimum atomic E-state index is -2.98. The van der Waals surface area contributed by atoms with Crippen molar-refractivity contribution >= 4 is 17.5 Å². The summed E-state index contributed by atoms with van der Waals surface area (Å²) in [6.07, 6.45) is 1.61. The average Bonchev–Trinajstić information content (AvgIpc) is 2.41. The third kappa shape index (κ3) is 4.05. The largest absolute Gasteiger partial charge is 0.434 e. The number of nitrogens with one attached hydrogen (secondary N) is 2. The average molecular weight is 305 g/mol. The molecule has 0 radical (unpaired) electrons. The van der Waals surface area contributed by atoms with Crippen LogP contribution in [0.4, 0.5) is 8.78 Å². The highest BCUT2D eigenvalue weighted by Gasteiger charge is 2.20. The van der Waals surface area contributed by atoms with E-state index < -0.39 is 12.5 Å². The van der Waals surface area contributed by atoms with Gasteiger partial charge in [0.1, 0.15) is 5.75 Å². The number of ether oxygens (including phenoxy) is 1. The number of amides is 1.